The molecule has 102 valence electrons. The van der Waals surface area contributed by atoms with Crippen LogP contribution in [0.1, 0.15) is 32.3 Å². The molecule has 1 aromatic carbocycles. The first-order valence-electron chi connectivity index (χ1n) is 6.33. The number of hydrogen-bond donors (Lipinski definition) is 2. The van der Waals surface area contributed by atoms with Crippen molar-refractivity contribution in [3.8, 4) is 12.3 Å². The number of rotatable bonds is 5. The monoisotopic (exact) mass is 294 g/mol. The zero-order chi connectivity index (χ0) is 14.3. The maximum atomic E-state index is 5.84. The van der Waals surface area contributed by atoms with Crippen LogP contribution in [0.4, 0.5) is 0 Å². The molecule has 0 fully saturated rings. The molecule has 0 aliphatic heterocycles. The molecule has 19 heavy (non-hydrogen) atoms. The molecular weight excluding hydrogens is 276 g/mol. The Hall–Kier alpha value is -1.24. The standard InChI is InChI=1S/C15H19ClN2S/c1-4-15(5-2,6-3)18-14(19)17-11-12-7-9-13(16)10-8-12/h1,7-10H,5-6,11H2,2-3H3,(H2,17,18,19). The van der Waals surface area contributed by atoms with Gasteiger partial charge in [0, 0.05) is 11.6 Å². The highest BCUT2D eigenvalue weighted by molar-refractivity contribution is 7.80. The number of thiocarbonyl (C=S) groups is 1. The van der Waals surface area contributed by atoms with Crippen LogP contribution in [0.5, 0.6) is 0 Å². The van der Waals surface area contributed by atoms with Crippen molar-refractivity contribution in [3.05, 3.63) is 34.9 Å². The third kappa shape index (κ3) is 4.74. The van der Waals surface area contributed by atoms with Gasteiger partial charge in [0.25, 0.3) is 0 Å². The van der Waals surface area contributed by atoms with E-state index in [0.717, 1.165) is 23.4 Å². The van der Waals surface area contributed by atoms with Gasteiger partial charge in [0.1, 0.15) is 0 Å². The first-order chi connectivity index (χ1) is 9.05. The molecule has 0 aromatic heterocycles. The largest absolute Gasteiger partial charge is 0.359 e. The average molecular weight is 295 g/mol. The molecule has 0 spiro atoms. The van der Waals surface area contributed by atoms with Crippen molar-refractivity contribution in [2.75, 3.05) is 0 Å². The summed E-state index contributed by atoms with van der Waals surface area (Å²) in [6, 6.07) is 7.65. The lowest BCUT2D eigenvalue weighted by molar-refractivity contribution is 0.456. The predicted molar refractivity (Wildman–Crippen MR) is 86.2 cm³/mol. The molecule has 1 aromatic rings. The Morgan fingerprint density at radius 3 is 2.37 bits per heavy atom. The van der Waals surface area contributed by atoms with E-state index in [-0.39, 0.29) is 5.54 Å². The fourth-order valence-electron chi connectivity index (χ4n) is 1.71. The van der Waals surface area contributed by atoms with Crippen molar-refractivity contribution in [2.45, 2.75) is 38.8 Å². The Morgan fingerprint density at radius 2 is 1.89 bits per heavy atom. The molecule has 0 aliphatic rings. The van der Waals surface area contributed by atoms with Crippen molar-refractivity contribution >= 4 is 28.9 Å². The molecule has 0 saturated heterocycles. The SMILES string of the molecule is C#CC(CC)(CC)NC(=S)NCc1ccc(Cl)cc1. The molecular formula is C15H19ClN2S. The van der Waals surface area contributed by atoms with Crippen molar-refractivity contribution in [1.29, 1.82) is 0 Å². The van der Waals surface area contributed by atoms with Crippen LogP contribution in [0.3, 0.4) is 0 Å². The van der Waals surface area contributed by atoms with E-state index < -0.39 is 0 Å². The second-order valence-corrected chi connectivity index (χ2v) is 5.21. The van der Waals surface area contributed by atoms with E-state index in [9.17, 15) is 0 Å². The first-order valence-corrected chi connectivity index (χ1v) is 7.12. The molecule has 0 atom stereocenters. The Bertz CT molecular complexity index is 458. The van der Waals surface area contributed by atoms with Crippen molar-refractivity contribution < 1.29 is 0 Å². The molecule has 0 bridgehead atoms. The highest BCUT2D eigenvalue weighted by atomic mass is 35.5. The van der Waals surface area contributed by atoms with Gasteiger partial charge < -0.3 is 10.6 Å². The van der Waals surface area contributed by atoms with Crippen LogP contribution in [0, 0.1) is 12.3 Å². The first kappa shape index (κ1) is 15.8. The zero-order valence-corrected chi connectivity index (χ0v) is 12.9. The summed E-state index contributed by atoms with van der Waals surface area (Å²) >= 11 is 11.1. The zero-order valence-electron chi connectivity index (χ0n) is 11.3. The normalized spacial score (nSPS) is 10.6. The van der Waals surface area contributed by atoms with E-state index in [2.05, 4.69) is 30.4 Å². The predicted octanol–water partition coefficient (Wildman–Crippen LogP) is 3.50. The molecule has 0 unspecified atom stereocenters. The fourth-order valence-corrected chi connectivity index (χ4v) is 2.11. The number of halogens is 1. The van der Waals surface area contributed by atoms with Gasteiger partial charge in [-0.05, 0) is 42.8 Å². The minimum absolute atomic E-state index is 0.357. The lowest BCUT2D eigenvalue weighted by Gasteiger charge is -2.28. The topological polar surface area (TPSA) is 24.1 Å². The summed E-state index contributed by atoms with van der Waals surface area (Å²) in [6.07, 6.45) is 7.26. The third-order valence-electron chi connectivity index (χ3n) is 3.20. The van der Waals surface area contributed by atoms with Crippen LogP contribution in [-0.2, 0) is 6.54 Å². The molecule has 0 heterocycles. The van der Waals surface area contributed by atoms with Gasteiger partial charge in [-0.25, -0.2) is 0 Å². The van der Waals surface area contributed by atoms with Gasteiger partial charge in [0.15, 0.2) is 5.11 Å². The molecule has 0 saturated carbocycles. The van der Waals surface area contributed by atoms with E-state index in [4.69, 9.17) is 30.2 Å². The Balaban J connectivity index is 2.52. The van der Waals surface area contributed by atoms with E-state index in [1.54, 1.807) is 0 Å². The van der Waals surface area contributed by atoms with E-state index in [1.807, 2.05) is 24.3 Å². The fraction of sp³-hybridized carbons (Fsp3) is 0.400. The highest BCUT2D eigenvalue weighted by Gasteiger charge is 2.23. The minimum atomic E-state index is -0.357. The number of terminal acetylenes is 1. The summed E-state index contributed by atoms with van der Waals surface area (Å²) in [5.74, 6) is 2.80. The minimum Gasteiger partial charge on any atom is -0.359 e. The maximum absolute atomic E-state index is 5.84. The summed E-state index contributed by atoms with van der Waals surface area (Å²) in [6.45, 7) is 4.76. The van der Waals surface area contributed by atoms with Crippen LogP contribution >= 0.6 is 23.8 Å². The van der Waals surface area contributed by atoms with Crippen LogP contribution in [0.25, 0.3) is 0 Å². The number of hydrogen-bond acceptors (Lipinski definition) is 1. The lowest BCUT2D eigenvalue weighted by Crippen LogP contribution is -2.50. The van der Waals surface area contributed by atoms with Crippen molar-refractivity contribution in [1.82, 2.24) is 10.6 Å². The summed E-state index contributed by atoms with van der Waals surface area (Å²) in [5.41, 5.74) is 0.761. The van der Waals surface area contributed by atoms with Gasteiger partial charge >= 0.3 is 0 Å². The second-order valence-electron chi connectivity index (χ2n) is 4.37. The third-order valence-corrected chi connectivity index (χ3v) is 3.70. The van der Waals surface area contributed by atoms with Gasteiger partial charge in [-0.2, -0.15) is 0 Å². The van der Waals surface area contributed by atoms with Gasteiger partial charge in [0.2, 0.25) is 0 Å². The molecule has 0 amide bonds. The maximum Gasteiger partial charge on any atom is 0.167 e. The Kier molecular flexibility index (Phi) is 6.14. The van der Waals surface area contributed by atoms with Crippen LogP contribution in [0.2, 0.25) is 5.02 Å². The van der Waals surface area contributed by atoms with E-state index >= 15 is 0 Å². The smallest absolute Gasteiger partial charge is 0.167 e. The number of nitrogens with one attached hydrogen (secondary N) is 2. The molecule has 0 radical (unpaired) electrons. The van der Waals surface area contributed by atoms with E-state index in [0.29, 0.717) is 11.7 Å². The summed E-state index contributed by atoms with van der Waals surface area (Å²) in [7, 11) is 0. The molecule has 2 nitrogen and oxygen atoms in total. The Morgan fingerprint density at radius 1 is 1.32 bits per heavy atom. The van der Waals surface area contributed by atoms with E-state index in [1.165, 1.54) is 0 Å². The van der Waals surface area contributed by atoms with Crippen LogP contribution < -0.4 is 10.6 Å². The summed E-state index contributed by atoms with van der Waals surface area (Å²) < 4.78 is 0. The van der Waals surface area contributed by atoms with Crippen LogP contribution in [-0.4, -0.2) is 10.7 Å². The van der Waals surface area contributed by atoms with Gasteiger partial charge in [-0.3, -0.25) is 0 Å². The highest BCUT2D eigenvalue weighted by Crippen LogP contribution is 2.13. The lowest BCUT2D eigenvalue weighted by atomic mass is 9.94. The van der Waals surface area contributed by atoms with Crippen molar-refractivity contribution in [3.63, 3.8) is 0 Å². The molecule has 2 N–H and O–H groups in total. The van der Waals surface area contributed by atoms with Gasteiger partial charge in [0.05, 0.1) is 5.54 Å². The van der Waals surface area contributed by atoms with Crippen LogP contribution in [0.15, 0.2) is 24.3 Å². The molecule has 1 rings (SSSR count). The number of benzene rings is 1. The quantitative estimate of drug-likeness (QED) is 0.642. The summed E-state index contributed by atoms with van der Waals surface area (Å²) in [5, 5.41) is 7.69. The average Bonchev–Trinajstić information content (AvgIpc) is 2.44. The Labute approximate surface area is 125 Å². The van der Waals surface area contributed by atoms with Gasteiger partial charge in [-0.1, -0.05) is 43.5 Å². The second kappa shape index (κ2) is 7.37. The molecule has 0 aliphatic carbocycles. The van der Waals surface area contributed by atoms with Crippen molar-refractivity contribution in [2.24, 2.45) is 0 Å². The summed E-state index contributed by atoms with van der Waals surface area (Å²) in [4.78, 5) is 0. The van der Waals surface area contributed by atoms with Gasteiger partial charge in [-0.15, -0.1) is 6.42 Å². The molecule has 4 heteroatoms.